The predicted octanol–water partition coefficient (Wildman–Crippen LogP) is 2.28. The quantitative estimate of drug-likeness (QED) is 0.847. The van der Waals surface area contributed by atoms with Gasteiger partial charge in [0.25, 0.3) is 0 Å². The van der Waals surface area contributed by atoms with E-state index < -0.39 is 5.54 Å². The molecule has 2 aliphatic rings. The summed E-state index contributed by atoms with van der Waals surface area (Å²) in [5, 5.41) is 3.43. The predicted molar refractivity (Wildman–Crippen MR) is 69.2 cm³/mol. The molecule has 0 amide bonds. The first-order valence-electron chi connectivity index (χ1n) is 6.89. The molecule has 1 unspecified atom stereocenters. The monoisotopic (exact) mass is 263 g/mol. The Balaban J connectivity index is 1.99. The van der Waals surface area contributed by atoms with Crippen molar-refractivity contribution >= 4 is 5.97 Å². The summed E-state index contributed by atoms with van der Waals surface area (Å²) in [5.41, 5.74) is 1.04. The van der Waals surface area contributed by atoms with Crippen LogP contribution in [0.4, 0.5) is 4.39 Å². The number of carbonyl (C=O) groups excluding carboxylic acids is 1. The third-order valence-corrected chi connectivity index (χ3v) is 3.95. The topological polar surface area (TPSA) is 38.3 Å². The van der Waals surface area contributed by atoms with Crippen molar-refractivity contribution in [2.75, 3.05) is 6.61 Å². The van der Waals surface area contributed by atoms with Crippen LogP contribution in [0.15, 0.2) is 18.2 Å². The van der Waals surface area contributed by atoms with Gasteiger partial charge in [-0.15, -0.1) is 0 Å². The van der Waals surface area contributed by atoms with Crippen molar-refractivity contribution < 1.29 is 13.9 Å². The highest BCUT2D eigenvalue weighted by atomic mass is 19.1. The van der Waals surface area contributed by atoms with E-state index in [4.69, 9.17) is 4.74 Å². The molecule has 4 heteroatoms. The van der Waals surface area contributed by atoms with Crippen molar-refractivity contribution in [1.29, 1.82) is 0 Å². The van der Waals surface area contributed by atoms with Gasteiger partial charge in [-0.25, -0.2) is 9.18 Å². The first-order valence-corrected chi connectivity index (χ1v) is 6.89. The molecule has 0 bridgehead atoms. The molecule has 3 nitrogen and oxygen atoms in total. The van der Waals surface area contributed by atoms with Gasteiger partial charge >= 0.3 is 5.97 Å². The summed E-state index contributed by atoms with van der Waals surface area (Å²) in [6.45, 7) is 2.17. The maximum atomic E-state index is 13.3. The highest BCUT2D eigenvalue weighted by Crippen LogP contribution is 2.40. The zero-order chi connectivity index (χ0) is 13.5. The number of halogens is 1. The molecular formula is C15H18FNO2. The van der Waals surface area contributed by atoms with Crippen LogP contribution in [-0.2, 0) is 21.5 Å². The third kappa shape index (κ3) is 2.14. The molecule has 1 N–H and O–H groups in total. The zero-order valence-electron chi connectivity index (χ0n) is 11.0. The molecule has 0 aromatic heterocycles. The molecule has 0 saturated heterocycles. The molecule has 0 aliphatic heterocycles. The summed E-state index contributed by atoms with van der Waals surface area (Å²) in [5.74, 6) is -0.475. The lowest BCUT2D eigenvalue weighted by molar-refractivity contribution is -0.151. The van der Waals surface area contributed by atoms with Crippen molar-refractivity contribution in [3.8, 4) is 0 Å². The number of rotatable bonds is 4. The second kappa shape index (κ2) is 4.60. The van der Waals surface area contributed by atoms with Crippen LogP contribution < -0.4 is 5.32 Å². The van der Waals surface area contributed by atoms with E-state index in [1.54, 1.807) is 6.07 Å². The fourth-order valence-electron chi connectivity index (χ4n) is 2.89. The zero-order valence-corrected chi connectivity index (χ0v) is 11.0. The summed E-state index contributed by atoms with van der Waals surface area (Å²) >= 11 is 0. The second-order valence-electron chi connectivity index (χ2n) is 5.35. The van der Waals surface area contributed by atoms with Gasteiger partial charge in [-0.05, 0) is 55.9 Å². The van der Waals surface area contributed by atoms with E-state index >= 15 is 0 Å². The number of hydrogen-bond donors (Lipinski definition) is 1. The van der Waals surface area contributed by atoms with Crippen molar-refractivity contribution in [1.82, 2.24) is 5.32 Å². The number of fused-ring (bicyclic) bond motifs is 1. The van der Waals surface area contributed by atoms with Crippen LogP contribution in [0.5, 0.6) is 0 Å². The lowest BCUT2D eigenvalue weighted by Gasteiger charge is -2.29. The fraction of sp³-hybridized carbons (Fsp3) is 0.533. The standard InChI is InChI=1S/C15H18FNO2/c1-2-19-14(18)15(17-12-4-5-12)8-7-10-9-11(16)3-6-13(10)15/h3,6,9,12,17H,2,4-5,7-8H2,1H3. The summed E-state index contributed by atoms with van der Waals surface area (Å²) in [6, 6.07) is 5.07. The van der Waals surface area contributed by atoms with Crippen LogP contribution in [0.1, 0.15) is 37.3 Å². The lowest BCUT2D eigenvalue weighted by atomic mass is 9.91. The Hall–Kier alpha value is -1.42. The van der Waals surface area contributed by atoms with Crippen LogP contribution >= 0.6 is 0 Å². The largest absolute Gasteiger partial charge is 0.464 e. The summed E-state index contributed by atoms with van der Waals surface area (Å²) in [4.78, 5) is 12.4. The first-order chi connectivity index (χ1) is 9.15. The minimum Gasteiger partial charge on any atom is -0.464 e. The molecular weight excluding hydrogens is 245 g/mol. The van der Waals surface area contributed by atoms with E-state index in [1.807, 2.05) is 6.92 Å². The SMILES string of the molecule is CCOC(=O)C1(NC2CC2)CCc2cc(F)ccc21. The molecule has 1 aromatic carbocycles. The van der Waals surface area contributed by atoms with E-state index in [2.05, 4.69) is 5.32 Å². The van der Waals surface area contributed by atoms with Gasteiger partial charge in [0.2, 0.25) is 0 Å². The molecule has 19 heavy (non-hydrogen) atoms. The second-order valence-corrected chi connectivity index (χ2v) is 5.35. The highest BCUT2D eigenvalue weighted by Gasteiger charge is 2.49. The number of benzene rings is 1. The van der Waals surface area contributed by atoms with Crippen molar-refractivity contribution in [3.63, 3.8) is 0 Å². The van der Waals surface area contributed by atoms with Crippen LogP contribution in [0.25, 0.3) is 0 Å². The minimum atomic E-state index is -0.764. The van der Waals surface area contributed by atoms with Gasteiger partial charge in [0.05, 0.1) is 6.61 Å². The molecule has 1 saturated carbocycles. The molecule has 0 radical (unpaired) electrons. The highest BCUT2D eigenvalue weighted by molar-refractivity contribution is 5.84. The first kappa shape index (κ1) is 12.6. The van der Waals surface area contributed by atoms with Gasteiger partial charge in [0.15, 0.2) is 0 Å². The van der Waals surface area contributed by atoms with Crippen LogP contribution in [0.2, 0.25) is 0 Å². The Kier molecular flexibility index (Phi) is 3.05. The number of carbonyl (C=O) groups is 1. The van der Waals surface area contributed by atoms with Crippen LogP contribution in [-0.4, -0.2) is 18.6 Å². The molecule has 3 rings (SSSR count). The molecule has 0 spiro atoms. The Morgan fingerprint density at radius 2 is 2.32 bits per heavy atom. The molecule has 1 aromatic rings. The number of ether oxygens (including phenoxy) is 1. The van der Waals surface area contributed by atoms with Gasteiger partial charge in [-0.1, -0.05) is 6.07 Å². The van der Waals surface area contributed by atoms with E-state index in [-0.39, 0.29) is 11.8 Å². The summed E-state index contributed by atoms with van der Waals surface area (Å²) < 4.78 is 18.6. The Morgan fingerprint density at radius 3 is 3.00 bits per heavy atom. The lowest BCUT2D eigenvalue weighted by Crippen LogP contribution is -2.49. The van der Waals surface area contributed by atoms with Gasteiger partial charge in [-0.2, -0.15) is 0 Å². The molecule has 2 aliphatic carbocycles. The van der Waals surface area contributed by atoms with Gasteiger partial charge in [-0.3, -0.25) is 5.32 Å². The third-order valence-electron chi connectivity index (χ3n) is 3.95. The molecule has 102 valence electrons. The Morgan fingerprint density at radius 1 is 1.53 bits per heavy atom. The normalized spacial score (nSPS) is 25.2. The van der Waals surface area contributed by atoms with E-state index in [9.17, 15) is 9.18 Å². The Labute approximate surface area is 112 Å². The van der Waals surface area contributed by atoms with Crippen LogP contribution in [0.3, 0.4) is 0 Å². The van der Waals surface area contributed by atoms with E-state index in [0.29, 0.717) is 25.5 Å². The van der Waals surface area contributed by atoms with E-state index in [1.165, 1.54) is 12.1 Å². The smallest absolute Gasteiger partial charge is 0.331 e. The number of esters is 1. The molecule has 1 fully saturated rings. The number of hydrogen-bond acceptors (Lipinski definition) is 3. The fourth-order valence-corrected chi connectivity index (χ4v) is 2.89. The minimum absolute atomic E-state index is 0.229. The van der Waals surface area contributed by atoms with Crippen molar-refractivity contribution in [3.05, 3.63) is 35.1 Å². The van der Waals surface area contributed by atoms with Crippen LogP contribution in [0, 0.1) is 5.82 Å². The van der Waals surface area contributed by atoms with Crippen molar-refractivity contribution in [2.24, 2.45) is 0 Å². The van der Waals surface area contributed by atoms with Gasteiger partial charge in [0, 0.05) is 6.04 Å². The molecule has 0 heterocycles. The Bertz CT molecular complexity index is 513. The summed E-state index contributed by atoms with van der Waals surface area (Å²) in [6.07, 6.45) is 3.56. The summed E-state index contributed by atoms with van der Waals surface area (Å²) in [7, 11) is 0. The average Bonchev–Trinajstić information content (AvgIpc) is 3.12. The number of nitrogens with one attached hydrogen (secondary N) is 1. The van der Waals surface area contributed by atoms with E-state index in [0.717, 1.165) is 24.0 Å². The number of aryl methyl sites for hydroxylation is 1. The maximum Gasteiger partial charge on any atom is 0.331 e. The molecule has 1 atom stereocenters. The van der Waals surface area contributed by atoms with Gasteiger partial charge in [0.1, 0.15) is 11.4 Å². The average molecular weight is 263 g/mol. The van der Waals surface area contributed by atoms with Crippen molar-refractivity contribution in [2.45, 2.75) is 44.2 Å². The van der Waals surface area contributed by atoms with Gasteiger partial charge < -0.3 is 4.74 Å². The maximum absolute atomic E-state index is 13.3.